The summed E-state index contributed by atoms with van der Waals surface area (Å²) < 4.78 is 5.19. The normalized spacial score (nSPS) is 19.4. The highest BCUT2D eigenvalue weighted by Gasteiger charge is 2.40. The van der Waals surface area contributed by atoms with Crippen LogP contribution < -0.4 is 10.1 Å². The molecule has 0 saturated carbocycles. The van der Waals surface area contributed by atoms with Crippen molar-refractivity contribution in [1.29, 1.82) is 0 Å². The molecule has 1 aromatic rings. The molecule has 1 saturated heterocycles. The number of hydrogen-bond acceptors (Lipinski definition) is 4. The smallest absolute Gasteiger partial charge is 0.246 e. The molecule has 0 aromatic carbocycles. The summed E-state index contributed by atoms with van der Waals surface area (Å²) in [6.45, 7) is 6.18. The second kappa shape index (κ2) is 5.71. The van der Waals surface area contributed by atoms with Crippen molar-refractivity contribution >= 4 is 11.8 Å². The van der Waals surface area contributed by atoms with Gasteiger partial charge in [0.1, 0.15) is 6.04 Å². The van der Waals surface area contributed by atoms with E-state index in [1.54, 1.807) is 17.2 Å². The Balaban J connectivity index is 2.22. The van der Waals surface area contributed by atoms with Gasteiger partial charge in [0.05, 0.1) is 20.2 Å². The van der Waals surface area contributed by atoms with Gasteiger partial charge in [-0.25, -0.2) is 4.98 Å². The van der Waals surface area contributed by atoms with E-state index in [4.69, 9.17) is 4.74 Å². The van der Waals surface area contributed by atoms with Gasteiger partial charge in [-0.3, -0.25) is 9.59 Å². The van der Waals surface area contributed by atoms with E-state index in [1.807, 2.05) is 26.8 Å². The molecule has 2 rings (SSSR count). The maximum absolute atomic E-state index is 12.6. The first-order valence-electron chi connectivity index (χ1n) is 6.89. The van der Waals surface area contributed by atoms with Gasteiger partial charge in [-0.1, -0.05) is 26.8 Å². The fourth-order valence-electron chi connectivity index (χ4n) is 2.36. The van der Waals surface area contributed by atoms with Crippen LogP contribution in [0.5, 0.6) is 5.88 Å². The van der Waals surface area contributed by atoms with Crippen LogP contribution in [0.2, 0.25) is 0 Å². The lowest BCUT2D eigenvalue weighted by Crippen LogP contribution is -2.61. The highest BCUT2D eigenvalue weighted by atomic mass is 16.5. The molecule has 1 fully saturated rings. The van der Waals surface area contributed by atoms with Crippen LogP contribution in [0.25, 0.3) is 0 Å². The van der Waals surface area contributed by atoms with Gasteiger partial charge in [0.2, 0.25) is 17.7 Å². The summed E-state index contributed by atoms with van der Waals surface area (Å²) in [5.74, 6) is 0.258. The summed E-state index contributed by atoms with van der Waals surface area (Å²) >= 11 is 0. The van der Waals surface area contributed by atoms with Crippen molar-refractivity contribution in [3.05, 3.63) is 23.9 Å². The SMILES string of the molecule is COc1ncccc1CN1CC(=O)NC(C(C)(C)C)C1=O. The standard InChI is InChI=1S/C15H21N3O3/c1-15(2,3)12-14(20)18(9-11(19)17-12)8-10-6-5-7-16-13(10)21-4/h5-7,12H,8-9H2,1-4H3,(H,17,19). The predicted molar refractivity (Wildman–Crippen MR) is 77.6 cm³/mol. The third-order valence-corrected chi connectivity index (χ3v) is 3.47. The van der Waals surface area contributed by atoms with Crippen molar-refractivity contribution in [2.24, 2.45) is 5.41 Å². The van der Waals surface area contributed by atoms with Gasteiger partial charge in [-0.05, 0) is 11.5 Å². The Bertz CT molecular complexity index is 551. The van der Waals surface area contributed by atoms with Crippen LogP contribution in [0, 0.1) is 5.41 Å². The third-order valence-electron chi connectivity index (χ3n) is 3.47. The van der Waals surface area contributed by atoms with Gasteiger partial charge < -0.3 is 15.0 Å². The number of pyridine rings is 1. The number of aromatic nitrogens is 1. The first kappa shape index (κ1) is 15.3. The highest BCUT2D eigenvalue weighted by molar-refractivity contribution is 5.95. The molecule has 6 heteroatoms. The van der Waals surface area contributed by atoms with Gasteiger partial charge in [0.25, 0.3) is 0 Å². The van der Waals surface area contributed by atoms with Crippen LogP contribution in [0.1, 0.15) is 26.3 Å². The summed E-state index contributed by atoms with van der Waals surface area (Å²) in [4.78, 5) is 30.1. The average molecular weight is 291 g/mol. The highest BCUT2D eigenvalue weighted by Crippen LogP contribution is 2.25. The predicted octanol–water partition coefficient (Wildman–Crippen LogP) is 0.963. The molecule has 1 aliphatic rings. The summed E-state index contributed by atoms with van der Waals surface area (Å²) in [7, 11) is 1.54. The molecule has 0 aliphatic carbocycles. The fraction of sp³-hybridized carbons (Fsp3) is 0.533. The number of carbonyl (C=O) groups excluding carboxylic acids is 2. The Morgan fingerprint density at radius 1 is 1.43 bits per heavy atom. The van der Waals surface area contributed by atoms with Crippen molar-refractivity contribution in [2.75, 3.05) is 13.7 Å². The minimum absolute atomic E-state index is 0.0590. The molecule has 2 heterocycles. The molecular formula is C15H21N3O3. The van der Waals surface area contributed by atoms with Crippen molar-refractivity contribution in [3.63, 3.8) is 0 Å². The molecule has 1 aromatic heterocycles. The maximum Gasteiger partial charge on any atom is 0.246 e. The number of methoxy groups -OCH3 is 1. The van der Waals surface area contributed by atoms with Crippen LogP contribution >= 0.6 is 0 Å². The number of rotatable bonds is 3. The lowest BCUT2D eigenvalue weighted by molar-refractivity contribution is -0.147. The molecule has 1 unspecified atom stereocenters. The Hall–Kier alpha value is -2.11. The largest absolute Gasteiger partial charge is 0.481 e. The molecule has 1 N–H and O–H groups in total. The zero-order valence-electron chi connectivity index (χ0n) is 12.8. The van der Waals surface area contributed by atoms with Gasteiger partial charge in [0.15, 0.2) is 0 Å². The van der Waals surface area contributed by atoms with Crippen molar-refractivity contribution in [3.8, 4) is 5.88 Å². The van der Waals surface area contributed by atoms with E-state index in [2.05, 4.69) is 10.3 Å². The van der Waals surface area contributed by atoms with Gasteiger partial charge >= 0.3 is 0 Å². The van der Waals surface area contributed by atoms with Crippen LogP contribution in [-0.2, 0) is 16.1 Å². The van der Waals surface area contributed by atoms with E-state index in [1.165, 1.54) is 7.11 Å². The molecule has 1 atom stereocenters. The monoisotopic (exact) mass is 291 g/mol. The molecule has 114 valence electrons. The lowest BCUT2D eigenvalue weighted by atomic mass is 9.84. The molecule has 0 bridgehead atoms. The number of amides is 2. The second-order valence-electron chi connectivity index (χ2n) is 6.23. The van der Waals surface area contributed by atoms with Crippen molar-refractivity contribution in [2.45, 2.75) is 33.4 Å². The average Bonchev–Trinajstić information content (AvgIpc) is 2.42. The number of carbonyl (C=O) groups is 2. The van der Waals surface area contributed by atoms with E-state index in [0.29, 0.717) is 12.4 Å². The number of hydrogen-bond donors (Lipinski definition) is 1. The Morgan fingerprint density at radius 2 is 2.14 bits per heavy atom. The Morgan fingerprint density at radius 3 is 2.76 bits per heavy atom. The van der Waals surface area contributed by atoms with E-state index in [0.717, 1.165) is 5.56 Å². The summed E-state index contributed by atoms with van der Waals surface area (Å²) in [6, 6.07) is 3.12. The van der Waals surface area contributed by atoms with Crippen molar-refractivity contribution < 1.29 is 14.3 Å². The first-order valence-corrected chi connectivity index (χ1v) is 6.89. The number of ether oxygens (including phenoxy) is 1. The molecule has 21 heavy (non-hydrogen) atoms. The van der Waals surface area contributed by atoms with Crippen LogP contribution in [-0.4, -0.2) is 41.4 Å². The van der Waals surface area contributed by atoms with E-state index >= 15 is 0 Å². The molecule has 2 amide bonds. The topological polar surface area (TPSA) is 71.5 Å². The minimum Gasteiger partial charge on any atom is -0.481 e. The first-order chi connectivity index (χ1) is 9.82. The molecule has 0 spiro atoms. The van der Waals surface area contributed by atoms with Gasteiger partial charge in [0, 0.05) is 11.8 Å². The zero-order chi connectivity index (χ0) is 15.6. The summed E-state index contributed by atoms with van der Waals surface area (Å²) in [5, 5.41) is 2.77. The molecular weight excluding hydrogens is 270 g/mol. The fourth-order valence-corrected chi connectivity index (χ4v) is 2.36. The third kappa shape index (κ3) is 3.32. The van der Waals surface area contributed by atoms with E-state index in [-0.39, 0.29) is 23.8 Å². The quantitative estimate of drug-likeness (QED) is 0.900. The van der Waals surface area contributed by atoms with Crippen LogP contribution in [0.4, 0.5) is 0 Å². The Labute approximate surface area is 124 Å². The zero-order valence-corrected chi connectivity index (χ0v) is 12.8. The number of piperazine rings is 1. The summed E-state index contributed by atoms with van der Waals surface area (Å²) in [5.41, 5.74) is 0.459. The molecule has 1 aliphatic heterocycles. The van der Waals surface area contributed by atoms with E-state index < -0.39 is 6.04 Å². The summed E-state index contributed by atoms with van der Waals surface area (Å²) in [6.07, 6.45) is 1.63. The van der Waals surface area contributed by atoms with Crippen molar-refractivity contribution in [1.82, 2.24) is 15.2 Å². The molecule has 0 radical (unpaired) electrons. The number of nitrogens with one attached hydrogen (secondary N) is 1. The van der Waals surface area contributed by atoms with Crippen LogP contribution in [0.15, 0.2) is 18.3 Å². The number of nitrogens with zero attached hydrogens (tertiary/aromatic N) is 2. The van der Waals surface area contributed by atoms with Crippen LogP contribution in [0.3, 0.4) is 0 Å². The maximum atomic E-state index is 12.6. The van der Waals surface area contributed by atoms with Gasteiger partial charge in [-0.2, -0.15) is 0 Å². The Kier molecular flexibility index (Phi) is 4.16. The molecule has 6 nitrogen and oxygen atoms in total. The van der Waals surface area contributed by atoms with E-state index in [9.17, 15) is 9.59 Å². The minimum atomic E-state index is -0.513. The van der Waals surface area contributed by atoms with Gasteiger partial charge in [-0.15, -0.1) is 0 Å². The lowest BCUT2D eigenvalue weighted by Gasteiger charge is -2.38. The second-order valence-corrected chi connectivity index (χ2v) is 6.23.